The van der Waals surface area contributed by atoms with Gasteiger partial charge < -0.3 is 14.4 Å². The van der Waals surface area contributed by atoms with Gasteiger partial charge in [0.25, 0.3) is 0 Å². The molecule has 6 nitrogen and oxygen atoms in total. The molecule has 0 atom stereocenters. The summed E-state index contributed by atoms with van der Waals surface area (Å²) in [6, 6.07) is 7.49. The van der Waals surface area contributed by atoms with Crippen LogP contribution >= 0.6 is 0 Å². The summed E-state index contributed by atoms with van der Waals surface area (Å²) >= 11 is 0. The van der Waals surface area contributed by atoms with Crippen molar-refractivity contribution in [2.45, 2.75) is 6.61 Å². The third kappa shape index (κ3) is 4.41. The van der Waals surface area contributed by atoms with Gasteiger partial charge in [-0.1, -0.05) is 12.1 Å². The van der Waals surface area contributed by atoms with Crippen LogP contribution in [0.1, 0.15) is 5.56 Å². The first kappa shape index (κ1) is 15.7. The molecule has 1 aromatic heterocycles. The molecular formula is C15H17FN4O2. The highest BCUT2D eigenvalue weighted by Gasteiger charge is 2.07. The van der Waals surface area contributed by atoms with E-state index in [9.17, 15) is 4.39 Å². The van der Waals surface area contributed by atoms with Gasteiger partial charge in [-0.3, -0.25) is 0 Å². The molecule has 116 valence electrons. The van der Waals surface area contributed by atoms with E-state index >= 15 is 0 Å². The Labute approximate surface area is 128 Å². The van der Waals surface area contributed by atoms with Crippen molar-refractivity contribution in [2.24, 2.45) is 4.99 Å². The van der Waals surface area contributed by atoms with Gasteiger partial charge in [0.2, 0.25) is 0 Å². The second kappa shape index (κ2) is 7.35. The lowest BCUT2D eigenvalue weighted by Gasteiger charge is -2.07. The van der Waals surface area contributed by atoms with Gasteiger partial charge in [-0.15, -0.1) is 0 Å². The summed E-state index contributed by atoms with van der Waals surface area (Å²) in [6.45, 7) is 0.250. The normalized spacial score (nSPS) is 10.7. The van der Waals surface area contributed by atoms with E-state index in [1.54, 1.807) is 26.1 Å². The van der Waals surface area contributed by atoms with Crippen LogP contribution in [0.4, 0.5) is 10.2 Å². The smallest absolute Gasteiger partial charge is 0.318 e. The third-order valence-electron chi connectivity index (χ3n) is 2.62. The molecule has 0 amide bonds. The Hall–Kier alpha value is -2.70. The average molecular weight is 304 g/mol. The van der Waals surface area contributed by atoms with Crippen LogP contribution in [-0.2, 0) is 6.61 Å². The Balaban J connectivity index is 2.08. The molecule has 0 saturated heterocycles. The maximum absolute atomic E-state index is 13.6. The van der Waals surface area contributed by atoms with Gasteiger partial charge in [0, 0.05) is 14.1 Å². The number of aromatic nitrogens is 2. The van der Waals surface area contributed by atoms with Crippen molar-refractivity contribution in [1.29, 1.82) is 0 Å². The minimum atomic E-state index is -0.605. The van der Waals surface area contributed by atoms with E-state index in [2.05, 4.69) is 15.0 Å². The van der Waals surface area contributed by atoms with Gasteiger partial charge in [0.1, 0.15) is 12.4 Å². The fourth-order valence-corrected chi connectivity index (χ4v) is 1.58. The summed E-state index contributed by atoms with van der Waals surface area (Å²) in [6.07, 6.45) is 2.49. The minimum absolute atomic E-state index is 0.0649. The van der Waals surface area contributed by atoms with Crippen LogP contribution in [0.5, 0.6) is 11.8 Å². The highest BCUT2D eigenvalue weighted by atomic mass is 19.1. The van der Waals surface area contributed by atoms with Crippen LogP contribution < -0.4 is 9.47 Å². The van der Waals surface area contributed by atoms with Crippen LogP contribution in [0.2, 0.25) is 0 Å². The molecule has 7 heteroatoms. The average Bonchev–Trinajstić information content (AvgIpc) is 2.53. The van der Waals surface area contributed by atoms with Gasteiger partial charge in [-0.25, -0.2) is 14.4 Å². The summed E-state index contributed by atoms with van der Waals surface area (Å²) < 4.78 is 24.2. The Morgan fingerprint density at radius 1 is 1.36 bits per heavy atom. The molecule has 0 unspecified atom stereocenters. The fraction of sp³-hybridized carbons (Fsp3) is 0.267. The first-order valence-corrected chi connectivity index (χ1v) is 6.57. The molecule has 0 bridgehead atoms. The maximum atomic E-state index is 13.6. The zero-order valence-corrected chi connectivity index (χ0v) is 12.7. The Kier molecular flexibility index (Phi) is 5.24. The number of ether oxygens (including phenoxy) is 2. The number of benzene rings is 1. The van der Waals surface area contributed by atoms with Crippen molar-refractivity contribution in [3.05, 3.63) is 41.8 Å². The summed E-state index contributed by atoms with van der Waals surface area (Å²) in [5.74, 6) is 0.0635. The summed E-state index contributed by atoms with van der Waals surface area (Å²) in [7, 11) is 5.16. The quantitative estimate of drug-likeness (QED) is 0.606. The van der Waals surface area contributed by atoms with Crippen LogP contribution in [0.3, 0.4) is 0 Å². The fourth-order valence-electron chi connectivity index (χ4n) is 1.58. The van der Waals surface area contributed by atoms with Gasteiger partial charge in [-0.2, -0.15) is 4.98 Å². The molecule has 1 aromatic carbocycles. The first-order chi connectivity index (χ1) is 10.6. The van der Waals surface area contributed by atoms with Gasteiger partial charge in [0.15, 0.2) is 11.6 Å². The minimum Gasteiger partial charge on any atom is -0.497 e. The lowest BCUT2D eigenvalue weighted by molar-refractivity contribution is 0.279. The summed E-state index contributed by atoms with van der Waals surface area (Å²) in [5.41, 5.74) is 0.894. The number of aliphatic imine (C=N–C) groups is 1. The number of hydrogen-bond donors (Lipinski definition) is 0. The molecule has 0 aliphatic carbocycles. The highest BCUT2D eigenvalue weighted by molar-refractivity contribution is 5.59. The van der Waals surface area contributed by atoms with Crippen molar-refractivity contribution in [3.8, 4) is 11.8 Å². The Morgan fingerprint density at radius 2 is 2.18 bits per heavy atom. The first-order valence-electron chi connectivity index (χ1n) is 6.57. The zero-order valence-electron chi connectivity index (χ0n) is 12.7. The number of methoxy groups -OCH3 is 1. The predicted octanol–water partition coefficient (Wildman–Crippen LogP) is 2.42. The van der Waals surface area contributed by atoms with Crippen molar-refractivity contribution >= 4 is 12.2 Å². The molecule has 0 aliphatic heterocycles. The second-order valence-electron chi connectivity index (χ2n) is 4.67. The topological polar surface area (TPSA) is 59.8 Å². The zero-order chi connectivity index (χ0) is 15.9. The molecule has 0 N–H and O–H groups in total. The van der Waals surface area contributed by atoms with Crippen LogP contribution in [0.15, 0.2) is 35.5 Å². The Morgan fingerprint density at radius 3 is 2.91 bits per heavy atom. The van der Waals surface area contributed by atoms with Gasteiger partial charge >= 0.3 is 6.01 Å². The number of hydrogen-bond acceptors (Lipinski definition) is 5. The lowest BCUT2D eigenvalue weighted by atomic mass is 10.2. The van der Waals surface area contributed by atoms with E-state index in [-0.39, 0.29) is 18.4 Å². The molecule has 22 heavy (non-hydrogen) atoms. The molecule has 0 saturated carbocycles. The van der Waals surface area contributed by atoms with E-state index in [1.807, 2.05) is 24.3 Å². The SMILES string of the molecule is COc1cccc(COc2ncc(F)c(N=CN(C)C)n2)c1. The summed E-state index contributed by atoms with van der Waals surface area (Å²) in [5, 5.41) is 0. The molecule has 0 fully saturated rings. The summed E-state index contributed by atoms with van der Waals surface area (Å²) in [4.78, 5) is 13.3. The lowest BCUT2D eigenvalue weighted by Crippen LogP contribution is -2.07. The molecule has 1 heterocycles. The molecule has 0 radical (unpaired) electrons. The molecule has 2 aromatic rings. The van der Waals surface area contributed by atoms with E-state index < -0.39 is 5.82 Å². The number of nitrogens with zero attached hydrogens (tertiary/aromatic N) is 4. The largest absolute Gasteiger partial charge is 0.497 e. The Bertz CT molecular complexity index is 662. The number of rotatable bonds is 6. The van der Waals surface area contributed by atoms with E-state index in [0.717, 1.165) is 17.5 Å². The van der Waals surface area contributed by atoms with Gasteiger partial charge in [0.05, 0.1) is 19.6 Å². The second-order valence-corrected chi connectivity index (χ2v) is 4.67. The number of halogens is 1. The van der Waals surface area contributed by atoms with E-state index in [1.165, 1.54) is 6.34 Å². The van der Waals surface area contributed by atoms with E-state index in [0.29, 0.717) is 0 Å². The van der Waals surface area contributed by atoms with Crippen molar-refractivity contribution in [1.82, 2.24) is 14.9 Å². The molecule has 0 spiro atoms. The van der Waals surface area contributed by atoms with Crippen molar-refractivity contribution in [3.63, 3.8) is 0 Å². The predicted molar refractivity (Wildman–Crippen MR) is 81.2 cm³/mol. The highest BCUT2D eigenvalue weighted by Crippen LogP contribution is 2.18. The standard InChI is InChI=1S/C15H17FN4O2/c1-20(2)10-18-14-13(16)8-17-15(19-14)22-9-11-5-4-6-12(7-11)21-3/h4-8,10H,9H2,1-3H3. The molecule has 0 aliphatic rings. The maximum Gasteiger partial charge on any atom is 0.318 e. The van der Waals surface area contributed by atoms with E-state index in [4.69, 9.17) is 9.47 Å². The van der Waals surface area contributed by atoms with Crippen LogP contribution in [0.25, 0.3) is 0 Å². The van der Waals surface area contributed by atoms with Crippen LogP contribution in [-0.4, -0.2) is 42.4 Å². The van der Waals surface area contributed by atoms with Crippen molar-refractivity contribution in [2.75, 3.05) is 21.2 Å². The van der Waals surface area contributed by atoms with Crippen LogP contribution in [0, 0.1) is 5.82 Å². The van der Waals surface area contributed by atoms with Gasteiger partial charge in [-0.05, 0) is 17.7 Å². The third-order valence-corrected chi connectivity index (χ3v) is 2.62. The molecule has 2 rings (SSSR count). The van der Waals surface area contributed by atoms with Crippen molar-refractivity contribution < 1.29 is 13.9 Å². The monoisotopic (exact) mass is 304 g/mol. The molecular weight excluding hydrogens is 287 g/mol.